The van der Waals surface area contributed by atoms with Gasteiger partial charge in [-0.3, -0.25) is 0 Å². The van der Waals surface area contributed by atoms with E-state index in [1.165, 1.54) is 7.11 Å². The van der Waals surface area contributed by atoms with Gasteiger partial charge in [-0.1, -0.05) is 0 Å². The SMILES string of the molecule is COc1cc(C(F)(F)F)c(SC)cc1[C@H]1CCCNC1.Cl. The first-order valence-corrected chi connectivity index (χ1v) is 7.73. The van der Waals surface area contributed by atoms with Gasteiger partial charge in [0.1, 0.15) is 5.75 Å². The average Bonchev–Trinajstić information content (AvgIpc) is 2.45. The third-order valence-electron chi connectivity index (χ3n) is 3.59. The van der Waals surface area contributed by atoms with Gasteiger partial charge in [-0.05, 0) is 43.3 Å². The molecule has 0 spiro atoms. The maximum atomic E-state index is 13.0. The predicted octanol–water partition coefficient (Wildman–Crippen LogP) is 4.32. The number of rotatable bonds is 3. The van der Waals surface area contributed by atoms with Crippen LogP contribution in [0, 0.1) is 0 Å². The largest absolute Gasteiger partial charge is 0.496 e. The van der Waals surface area contributed by atoms with E-state index < -0.39 is 11.7 Å². The van der Waals surface area contributed by atoms with Crippen molar-refractivity contribution in [2.45, 2.75) is 29.8 Å². The van der Waals surface area contributed by atoms with Crippen molar-refractivity contribution in [1.29, 1.82) is 0 Å². The first-order chi connectivity index (χ1) is 9.47. The molecule has 7 heteroatoms. The molecule has 1 aromatic rings. The van der Waals surface area contributed by atoms with Crippen molar-refractivity contribution in [3.8, 4) is 5.75 Å². The van der Waals surface area contributed by atoms with Crippen molar-refractivity contribution in [2.24, 2.45) is 0 Å². The zero-order valence-corrected chi connectivity index (χ0v) is 13.6. The summed E-state index contributed by atoms with van der Waals surface area (Å²) in [6, 6.07) is 2.78. The van der Waals surface area contributed by atoms with Crippen molar-refractivity contribution in [2.75, 3.05) is 26.5 Å². The molecule has 2 nitrogen and oxygen atoms in total. The van der Waals surface area contributed by atoms with Crippen LogP contribution in [-0.4, -0.2) is 26.5 Å². The topological polar surface area (TPSA) is 21.3 Å². The average molecular weight is 342 g/mol. The number of thioether (sulfide) groups is 1. The summed E-state index contributed by atoms with van der Waals surface area (Å²) in [5.74, 6) is 0.552. The number of nitrogens with one attached hydrogen (secondary N) is 1. The summed E-state index contributed by atoms with van der Waals surface area (Å²) in [7, 11) is 1.42. The first kappa shape index (κ1) is 18.5. The van der Waals surface area contributed by atoms with Crippen LogP contribution in [0.25, 0.3) is 0 Å². The van der Waals surface area contributed by atoms with Gasteiger partial charge in [0, 0.05) is 17.4 Å². The molecule has 1 aliphatic rings. The van der Waals surface area contributed by atoms with E-state index in [9.17, 15) is 13.2 Å². The summed E-state index contributed by atoms with van der Waals surface area (Å²) < 4.78 is 44.3. The number of ether oxygens (including phenoxy) is 1. The van der Waals surface area contributed by atoms with E-state index in [0.717, 1.165) is 49.3 Å². The Morgan fingerprint density at radius 2 is 2.05 bits per heavy atom. The summed E-state index contributed by atoms with van der Waals surface area (Å²) in [4.78, 5) is 0.263. The fraction of sp³-hybridized carbons (Fsp3) is 0.571. The Balaban J connectivity index is 0.00000220. The molecule has 1 atom stereocenters. The van der Waals surface area contributed by atoms with E-state index in [1.54, 1.807) is 12.3 Å². The maximum absolute atomic E-state index is 13.0. The smallest absolute Gasteiger partial charge is 0.417 e. The third-order valence-corrected chi connectivity index (χ3v) is 4.37. The molecule has 1 aliphatic heterocycles. The second-order valence-corrected chi connectivity index (χ2v) is 5.68. The van der Waals surface area contributed by atoms with E-state index in [1.807, 2.05) is 0 Å². The third kappa shape index (κ3) is 4.20. The summed E-state index contributed by atoms with van der Waals surface area (Å²) in [6.45, 7) is 1.75. The van der Waals surface area contributed by atoms with Crippen LogP contribution in [0.2, 0.25) is 0 Å². The molecule has 0 amide bonds. The van der Waals surface area contributed by atoms with Crippen molar-refractivity contribution < 1.29 is 17.9 Å². The molecule has 1 saturated heterocycles. The number of alkyl halides is 3. The summed E-state index contributed by atoms with van der Waals surface area (Å²) in [5, 5.41) is 3.28. The van der Waals surface area contributed by atoms with Crippen LogP contribution in [0.4, 0.5) is 13.2 Å². The van der Waals surface area contributed by atoms with Crippen molar-refractivity contribution in [3.63, 3.8) is 0 Å². The van der Waals surface area contributed by atoms with Gasteiger partial charge < -0.3 is 10.1 Å². The maximum Gasteiger partial charge on any atom is 0.417 e. The van der Waals surface area contributed by atoms with Crippen LogP contribution in [0.3, 0.4) is 0 Å². The summed E-state index contributed by atoms with van der Waals surface area (Å²) >= 11 is 1.12. The molecule has 0 radical (unpaired) electrons. The van der Waals surface area contributed by atoms with Crippen LogP contribution in [0.5, 0.6) is 5.75 Å². The van der Waals surface area contributed by atoms with E-state index >= 15 is 0 Å². The minimum Gasteiger partial charge on any atom is -0.496 e. The molecular formula is C14H19ClF3NOS. The lowest BCUT2D eigenvalue weighted by molar-refractivity contribution is -0.139. The lowest BCUT2D eigenvalue weighted by Crippen LogP contribution is -2.28. The van der Waals surface area contributed by atoms with Crippen LogP contribution in [-0.2, 0) is 6.18 Å². The monoisotopic (exact) mass is 341 g/mol. The molecule has 0 unspecified atom stereocenters. The number of hydrogen-bond acceptors (Lipinski definition) is 3. The second kappa shape index (κ2) is 7.61. The normalized spacial score (nSPS) is 19.0. The van der Waals surface area contributed by atoms with Gasteiger partial charge in [-0.25, -0.2) is 0 Å². The van der Waals surface area contributed by atoms with Crippen molar-refractivity contribution in [1.82, 2.24) is 5.32 Å². The highest BCUT2D eigenvalue weighted by Crippen LogP contribution is 2.42. The Labute approximate surface area is 133 Å². The lowest BCUT2D eigenvalue weighted by atomic mass is 9.90. The van der Waals surface area contributed by atoms with Gasteiger partial charge in [0.25, 0.3) is 0 Å². The van der Waals surface area contributed by atoms with E-state index in [0.29, 0.717) is 5.75 Å². The van der Waals surface area contributed by atoms with E-state index in [2.05, 4.69) is 5.32 Å². The molecule has 0 aromatic heterocycles. The molecule has 2 rings (SSSR count). The Hall–Kier alpha value is -0.590. The summed E-state index contributed by atoms with van der Waals surface area (Å²) in [6.07, 6.45) is -0.680. The Morgan fingerprint density at radius 3 is 2.52 bits per heavy atom. The molecule has 0 saturated carbocycles. The molecule has 1 fully saturated rings. The van der Waals surface area contributed by atoms with Crippen LogP contribution in [0.1, 0.15) is 29.9 Å². The minimum absolute atomic E-state index is 0. The van der Waals surface area contributed by atoms with E-state index in [-0.39, 0.29) is 23.2 Å². The highest BCUT2D eigenvalue weighted by atomic mass is 35.5. The Morgan fingerprint density at radius 1 is 1.33 bits per heavy atom. The van der Waals surface area contributed by atoms with Crippen molar-refractivity contribution >= 4 is 24.2 Å². The summed E-state index contributed by atoms with van der Waals surface area (Å²) in [5.41, 5.74) is 0.256. The first-order valence-electron chi connectivity index (χ1n) is 6.51. The Bertz CT molecular complexity index is 476. The highest BCUT2D eigenvalue weighted by Gasteiger charge is 2.35. The Kier molecular flexibility index (Phi) is 6.69. The quantitative estimate of drug-likeness (QED) is 0.827. The van der Waals surface area contributed by atoms with Gasteiger partial charge in [0.2, 0.25) is 0 Å². The van der Waals surface area contributed by atoms with Gasteiger partial charge in [0.05, 0.1) is 12.7 Å². The number of hydrogen-bond donors (Lipinski definition) is 1. The number of halogens is 4. The van der Waals surface area contributed by atoms with Gasteiger partial charge in [-0.15, -0.1) is 24.2 Å². The zero-order chi connectivity index (χ0) is 14.8. The molecule has 0 aliphatic carbocycles. The fourth-order valence-electron chi connectivity index (χ4n) is 2.58. The van der Waals surface area contributed by atoms with Gasteiger partial charge in [-0.2, -0.15) is 13.2 Å². The fourth-order valence-corrected chi connectivity index (χ4v) is 3.22. The predicted molar refractivity (Wildman–Crippen MR) is 81.9 cm³/mol. The van der Waals surface area contributed by atoms with Crippen LogP contribution < -0.4 is 10.1 Å². The molecule has 120 valence electrons. The minimum atomic E-state index is -4.35. The van der Waals surface area contributed by atoms with Gasteiger partial charge in [0.15, 0.2) is 0 Å². The molecule has 0 bridgehead atoms. The lowest BCUT2D eigenvalue weighted by Gasteiger charge is -2.26. The number of methoxy groups -OCH3 is 1. The van der Waals surface area contributed by atoms with E-state index in [4.69, 9.17) is 4.74 Å². The molecule has 1 aromatic carbocycles. The van der Waals surface area contributed by atoms with Gasteiger partial charge >= 0.3 is 6.18 Å². The number of benzene rings is 1. The molecule has 1 heterocycles. The zero-order valence-electron chi connectivity index (χ0n) is 11.9. The molecular weight excluding hydrogens is 323 g/mol. The highest BCUT2D eigenvalue weighted by molar-refractivity contribution is 7.98. The molecule has 21 heavy (non-hydrogen) atoms. The second-order valence-electron chi connectivity index (χ2n) is 4.84. The molecule has 1 N–H and O–H groups in total. The van der Waals surface area contributed by atoms with Crippen LogP contribution >= 0.6 is 24.2 Å². The van der Waals surface area contributed by atoms with Crippen molar-refractivity contribution in [3.05, 3.63) is 23.3 Å². The standard InChI is InChI=1S/C14H18F3NOS.ClH/c1-19-12-7-11(14(15,16)17)13(20-2)6-10(12)9-4-3-5-18-8-9;/h6-7,9,18H,3-5,8H2,1-2H3;1H/t9-;/m0./s1. The number of piperidine rings is 1. The van der Waals surface area contributed by atoms with Crippen LogP contribution in [0.15, 0.2) is 17.0 Å².